The highest BCUT2D eigenvalue weighted by Crippen LogP contribution is 2.28. The number of aryl methyl sites for hydroxylation is 1. The minimum atomic E-state index is -2.49. The summed E-state index contributed by atoms with van der Waals surface area (Å²) in [4.78, 5) is 20.7. The molecule has 34 heavy (non-hydrogen) atoms. The van der Waals surface area contributed by atoms with E-state index in [0.717, 1.165) is 70.3 Å². The summed E-state index contributed by atoms with van der Waals surface area (Å²) in [5, 5.41) is 11.3. The molecule has 1 aliphatic carbocycles. The second-order valence-electron chi connectivity index (χ2n) is 9.38. The number of carbonyl (C=O) groups is 1. The van der Waals surface area contributed by atoms with Gasteiger partial charge in [-0.15, -0.1) is 0 Å². The fourth-order valence-electron chi connectivity index (χ4n) is 4.93. The summed E-state index contributed by atoms with van der Waals surface area (Å²) >= 11 is 0. The molecule has 1 fully saturated rings. The predicted octanol–water partition coefficient (Wildman–Crippen LogP) is 2.56. The zero-order valence-corrected chi connectivity index (χ0v) is 19.8. The zero-order chi connectivity index (χ0) is 23.9. The van der Waals surface area contributed by atoms with Crippen molar-refractivity contribution in [1.29, 1.82) is 0 Å². The lowest BCUT2D eigenvalue weighted by Crippen LogP contribution is -2.39. The molecule has 10 heteroatoms. The van der Waals surface area contributed by atoms with Crippen molar-refractivity contribution >= 4 is 5.91 Å². The number of hydrogen-bond acceptors (Lipinski definition) is 6. The van der Waals surface area contributed by atoms with Crippen LogP contribution in [0.2, 0.25) is 0 Å². The van der Waals surface area contributed by atoms with Crippen LogP contribution < -0.4 is 10.1 Å². The number of nitrogens with one attached hydrogen (secondary N) is 1. The lowest BCUT2D eigenvalue weighted by Gasteiger charge is -2.30. The summed E-state index contributed by atoms with van der Waals surface area (Å²) in [7, 11) is 1.74. The van der Waals surface area contributed by atoms with Crippen molar-refractivity contribution in [3.8, 4) is 5.88 Å². The van der Waals surface area contributed by atoms with Gasteiger partial charge in [-0.3, -0.25) is 4.79 Å². The molecule has 1 N–H and O–H groups in total. The number of rotatable bonds is 9. The third-order valence-corrected chi connectivity index (χ3v) is 6.82. The maximum absolute atomic E-state index is 12.4. The Hall–Kier alpha value is -2.62. The van der Waals surface area contributed by atoms with Crippen LogP contribution in [0.5, 0.6) is 5.88 Å². The van der Waals surface area contributed by atoms with Gasteiger partial charge in [0, 0.05) is 44.4 Å². The van der Waals surface area contributed by atoms with Crippen LogP contribution in [-0.4, -0.2) is 69.5 Å². The molecule has 2 aliphatic rings. The first-order valence-electron chi connectivity index (χ1n) is 12.2. The van der Waals surface area contributed by atoms with E-state index in [1.165, 1.54) is 10.4 Å². The Bertz CT molecular complexity index is 945. The van der Waals surface area contributed by atoms with Crippen LogP contribution in [0.15, 0.2) is 18.3 Å². The van der Waals surface area contributed by atoms with Crippen LogP contribution >= 0.6 is 0 Å². The summed E-state index contributed by atoms with van der Waals surface area (Å²) in [5.74, 6) is 0.990. The number of fused-ring (bicyclic) bond motifs is 1. The van der Waals surface area contributed by atoms with Gasteiger partial charge in [-0.2, -0.15) is 15.0 Å². The van der Waals surface area contributed by atoms with E-state index in [1.807, 2.05) is 6.07 Å². The first-order chi connectivity index (χ1) is 16.4. The van der Waals surface area contributed by atoms with Gasteiger partial charge < -0.3 is 15.0 Å². The fraction of sp³-hybridized carbons (Fsp3) is 0.667. The van der Waals surface area contributed by atoms with Gasteiger partial charge in [-0.25, -0.2) is 13.8 Å². The van der Waals surface area contributed by atoms with Crippen molar-refractivity contribution in [3.05, 3.63) is 35.3 Å². The normalized spacial score (nSPS) is 21.2. The van der Waals surface area contributed by atoms with Gasteiger partial charge in [0.25, 0.3) is 6.43 Å². The molecule has 3 heterocycles. The summed E-state index contributed by atoms with van der Waals surface area (Å²) in [6.45, 7) is 2.34. The molecule has 0 radical (unpaired) electrons. The molecule has 0 spiro atoms. The van der Waals surface area contributed by atoms with Crippen LogP contribution in [0.1, 0.15) is 49.1 Å². The van der Waals surface area contributed by atoms with E-state index in [1.54, 1.807) is 19.3 Å². The minimum Gasteiger partial charge on any atom is -0.472 e. The molecule has 4 rings (SSSR count). The second-order valence-corrected chi connectivity index (χ2v) is 9.38. The third-order valence-electron chi connectivity index (χ3n) is 6.82. The Labute approximate surface area is 199 Å². The number of halogens is 2. The maximum atomic E-state index is 12.4. The highest BCUT2D eigenvalue weighted by atomic mass is 19.3. The van der Waals surface area contributed by atoms with Crippen LogP contribution in [-0.2, 0) is 31.1 Å². The number of pyridine rings is 1. The van der Waals surface area contributed by atoms with Gasteiger partial charge in [0.05, 0.1) is 18.3 Å². The number of alkyl halides is 2. The Kier molecular flexibility index (Phi) is 8.42. The zero-order valence-electron chi connectivity index (χ0n) is 19.8. The maximum Gasteiger partial charge on any atom is 0.272 e. The predicted molar refractivity (Wildman–Crippen MR) is 123 cm³/mol. The molecule has 0 atom stereocenters. The van der Waals surface area contributed by atoms with Crippen LogP contribution in [0, 0.1) is 5.92 Å². The number of ether oxygens (including phenoxy) is 1. The molecule has 186 valence electrons. The monoisotopic (exact) mass is 476 g/mol. The van der Waals surface area contributed by atoms with Crippen molar-refractivity contribution in [2.24, 2.45) is 13.0 Å². The molecule has 1 saturated carbocycles. The lowest BCUT2D eigenvalue weighted by atomic mass is 9.84. The molecule has 8 nitrogen and oxygen atoms in total. The molecule has 0 bridgehead atoms. The average molecular weight is 477 g/mol. The summed E-state index contributed by atoms with van der Waals surface area (Å²) < 4.78 is 29.9. The van der Waals surface area contributed by atoms with Gasteiger partial charge in [0.1, 0.15) is 0 Å². The highest BCUT2D eigenvalue weighted by molar-refractivity contribution is 5.78. The quantitative estimate of drug-likeness (QED) is 0.599. The Morgan fingerprint density at radius 1 is 1.21 bits per heavy atom. The van der Waals surface area contributed by atoms with Crippen molar-refractivity contribution in [2.45, 2.75) is 63.8 Å². The summed E-state index contributed by atoms with van der Waals surface area (Å²) in [6, 6.07) is 3.91. The standard InChI is InChI=1S/C24H34F2N6O2/c1-31-27-15-20(30-31)14-23(33)28-19-5-2-17(3-6-19)8-11-32-12-9-18-4-7-24(34-16-22(25)26)29-21(18)10-13-32/h4,7,15,17,19,22H,2-3,5-6,8-14,16H2,1H3,(H,28,33). The summed E-state index contributed by atoms with van der Waals surface area (Å²) in [5.41, 5.74) is 2.84. The van der Waals surface area contributed by atoms with Gasteiger partial charge in [0.15, 0.2) is 6.61 Å². The Morgan fingerprint density at radius 2 is 2.00 bits per heavy atom. The molecular formula is C24H34F2N6O2. The van der Waals surface area contributed by atoms with Crippen molar-refractivity contribution in [1.82, 2.24) is 30.2 Å². The molecule has 1 amide bonds. The number of aromatic nitrogens is 4. The van der Waals surface area contributed by atoms with E-state index in [0.29, 0.717) is 11.6 Å². The minimum absolute atomic E-state index is 0.0180. The van der Waals surface area contributed by atoms with Crippen molar-refractivity contribution in [3.63, 3.8) is 0 Å². The molecule has 2 aromatic rings. The van der Waals surface area contributed by atoms with E-state index in [4.69, 9.17) is 4.74 Å². The molecule has 0 aromatic carbocycles. The van der Waals surface area contributed by atoms with Gasteiger partial charge >= 0.3 is 0 Å². The van der Waals surface area contributed by atoms with E-state index < -0.39 is 13.0 Å². The van der Waals surface area contributed by atoms with Crippen molar-refractivity contribution in [2.75, 3.05) is 26.2 Å². The molecule has 2 aromatic heterocycles. The summed E-state index contributed by atoms with van der Waals surface area (Å²) in [6.07, 6.45) is 6.62. The smallest absolute Gasteiger partial charge is 0.272 e. The van der Waals surface area contributed by atoms with E-state index >= 15 is 0 Å². The number of hydrogen-bond donors (Lipinski definition) is 1. The molecule has 0 unspecified atom stereocenters. The van der Waals surface area contributed by atoms with Gasteiger partial charge in [-0.1, -0.05) is 6.07 Å². The second kappa shape index (κ2) is 11.7. The van der Waals surface area contributed by atoms with Crippen LogP contribution in [0.3, 0.4) is 0 Å². The van der Waals surface area contributed by atoms with E-state index in [2.05, 4.69) is 25.4 Å². The van der Waals surface area contributed by atoms with Crippen LogP contribution in [0.4, 0.5) is 8.78 Å². The topological polar surface area (TPSA) is 85.2 Å². The highest BCUT2D eigenvalue weighted by Gasteiger charge is 2.24. The van der Waals surface area contributed by atoms with E-state index in [-0.39, 0.29) is 24.2 Å². The number of nitrogens with zero attached hydrogens (tertiary/aromatic N) is 5. The van der Waals surface area contributed by atoms with E-state index in [9.17, 15) is 13.6 Å². The molecule has 1 aliphatic heterocycles. The molecule has 0 saturated heterocycles. The van der Waals surface area contributed by atoms with Gasteiger partial charge in [-0.05, 0) is 56.6 Å². The lowest BCUT2D eigenvalue weighted by molar-refractivity contribution is -0.121. The number of carbonyl (C=O) groups excluding carboxylic acids is 1. The largest absolute Gasteiger partial charge is 0.472 e. The SMILES string of the molecule is Cn1ncc(CC(=O)NC2CCC(CCN3CCc4ccc(OCC(F)F)nc4CC3)CC2)n1. The fourth-order valence-corrected chi connectivity index (χ4v) is 4.93. The molecular weight excluding hydrogens is 442 g/mol. The average Bonchev–Trinajstić information content (AvgIpc) is 3.11. The Morgan fingerprint density at radius 3 is 2.74 bits per heavy atom. The van der Waals surface area contributed by atoms with Gasteiger partial charge in [0.2, 0.25) is 11.8 Å². The first kappa shape index (κ1) is 24.5. The Balaban J connectivity index is 1.15. The number of amides is 1. The van der Waals surface area contributed by atoms with Crippen LogP contribution in [0.25, 0.3) is 0 Å². The van der Waals surface area contributed by atoms with Crippen molar-refractivity contribution < 1.29 is 18.3 Å². The third kappa shape index (κ3) is 7.19. The first-order valence-corrected chi connectivity index (χ1v) is 12.2.